The lowest BCUT2D eigenvalue weighted by molar-refractivity contribution is -0.130. The zero-order chi connectivity index (χ0) is 17.9. The lowest BCUT2D eigenvalue weighted by Crippen LogP contribution is -2.39. The van der Waals surface area contributed by atoms with E-state index in [1.54, 1.807) is 6.07 Å². The number of benzene rings is 1. The standard InChI is InChI=1S/C19H29FN4O.HI/c1-2-21-19(23-15-16-8-6-9-17(20)14-16)22-11-7-13-24-12-5-3-4-10-18(24)25;/h6,8-9,14H,2-5,7,10-13,15H2,1H3,(H2,21,22,23);1H. The van der Waals surface area contributed by atoms with Crippen molar-refractivity contribution in [1.82, 2.24) is 15.5 Å². The average molecular weight is 476 g/mol. The number of amides is 1. The van der Waals surface area contributed by atoms with Gasteiger partial charge in [-0.2, -0.15) is 0 Å². The molecule has 2 rings (SSSR count). The fourth-order valence-electron chi connectivity index (χ4n) is 2.90. The average Bonchev–Trinajstić information content (AvgIpc) is 2.81. The monoisotopic (exact) mass is 476 g/mol. The van der Waals surface area contributed by atoms with Crippen LogP contribution >= 0.6 is 24.0 Å². The number of hydrogen-bond acceptors (Lipinski definition) is 2. The van der Waals surface area contributed by atoms with E-state index in [-0.39, 0.29) is 35.7 Å². The minimum Gasteiger partial charge on any atom is -0.357 e. The second-order valence-electron chi connectivity index (χ2n) is 6.30. The molecule has 1 amide bonds. The Hall–Kier alpha value is -1.38. The molecule has 0 atom stereocenters. The van der Waals surface area contributed by atoms with E-state index < -0.39 is 0 Å². The quantitative estimate of drug-likeness (QED) is 0.275. The molecule has 0 bridgehead atoms. The highest BCUT2D eigenvalue weighted by molar-refractivity contribution is 14.0. The lowest BCUT2D eigenvalue weighted by atomic mass is 10.2. The predicted molar refractivity (Wildman–Crippen MR) is 114 cm³/mol. The maximum absolute atomic E-state index is 13.2. The zero-order valence-corrected chi connectivity index (χ0v) is 17.8. The van der Waals surface area contributed by atoms with Gasteiger partial charge >= 0.3 is 0 Å². The Morgan fingerprint density at radius 2 is 2.12 bits per heavy atom. The molecule has 2 N–H and O–H groups in total. The molecule has 0 saturated carbocycles. The van der Waals surface area contributed by atoms with Crippen LogP contribution < -0.4 is 10.6 Å². The van der Waals surface area contributed by atoms with Crippen LogP contribution in [0.1, 0.15) is 44.6 Å². The van der Waals surface area contributed by atoms with Crippen molar-refractivity contribution in [2.45, 2.75) is 45.6 Å². The minimum absolute atomic E-state index is 0. The summed E-state index contributed by atoms with van der Waals surface area (Å²) in [4.78, 5) is 18.4. The SMILES string of the molecule is CCNC(=NCc1cccc(F)c1)NCCCN1CCCCCC1=O.I. The second kappa shape index (κ2) is 12.9. The van der Waals surface area contributed by atoms with E-state index in [1.807, 2.05) is 17.9 Å². The van der Waals surface area contributed by atoms with Crippen LogP contribution in [0.5, 0.6) is 0 Å². The highest BCUT2D eigenvalue weighted by Crippen LogP contribution is 2.11. The first-order valence-electron chi connectivity index (χ1n) is 9.23. The maximum atomic E-state index is 13.2. The zero-order valence-electron chi connectivity index (χ0n) is 15.5. The lowest BCUT2D eigenvalue weighted by Gasteiger charge is -2.20. The summed E-state index contributed by atoms with van der Waals surface area (Å²) < 4.78 is 13.2. The Labute approximate surface area is 172 Å². The van der Waals surface area contributed by atoms with Gasteiger partial charge in [0, 0.05) is 32.6 Å². The van der Waals surface area contributed by atoms with Gasteiger partial charge in [0.2, 0.25) is 5.91 Å². The number of aliphatic imine (C=N–C) groups is 1. The first-order valence-corrected chi connectivity index (χ1v) is 9.23. The molecule has 0 aliphatic carbocycles. The molecule has 0 spiro atoms. The summed E-state index contributed by atoms with van der Waals surface area (Å²) >= 11 is 0. The summed E-state index contributed by atoms with van der Waals surface area (Å²) in [5.74, 6) is 0.755. The summed E-state index contributed by atoms with van der Waals surface area (Å²) in [5, 5.41) is 6.47. The molecule has 0 unspecified atom stereocenters. The molecule has 5 nitrogen and oxygen atoms in total. The van der Waals surface area contributed by atoms with Gasteiger partial charge in [-0.05, 0) is 43.9 Å². The third-order valence-corrected chi connectivity index (χ3v) is 4.22. The summed E-state index contributed by atoms with van der Waals surface area (Å²) in [6.45, 7) is 5.62. The molecule has 1 fully saturated rings. The Balaban J connectivity index is 0.00000338. The van der Waals surface area contributed by atoms with Crippen molar-refractivity contribution in [1.29, 1.82) is 0 Å². The summed E-state index contributed by atoms with van der Waals surface area (Å²) in [6, 6.07) is 6.48. The number of hydrogen-bond donors (Lipinski definition) is 2. The van der Waals surface area contributed by atoms with Crippen molar-refractivity contribution < 1.29 is 9.18 Å². The van der Waals surface area contributed by atoms with Crippen molar-refractivity contribution in [3.8, 4) is 0 Å². The highest BCUT2D eigenvalue weighted by atomic mass is 127. The molecule has 146 valence electrons. The van der Waals surface area contributed by atoms with Gasteiger partial charge in [0.05, 0.1) is 6.54 Å². The topological polar surface area (TPSA) is 56.7 Å². The van der Waals surface area contributed by atoms with E-state index in [2.05, 4.69) is 15.6 Å². The molecule has 1 aliphatic heterocycles. The molecule has 26 heavy (non-hydrogen) atoms. The molecule has 0 aromatic heterocycles. The van der Waals surface area contributed by atoms with Crippen molar-refractivity contribution in [2.75, 3.05) is 26.2 Å². The normalized spacial score (nSPS) is 15.2. The number of halogens is 2. The Morgan fingerprint density at radius 3 is 2.88 bits per heavy atom. The van der Waals surface area contributed by atoms with Crippen molar-refractivity contribution in [3.63, 3.8) is 0 Å². The Bertz CT molecular complexity index is 582. The van der Waals surface area contributed by atoms with Crippen molar-refractivity contribution >= 4 is 35.8 Å². The fourth-order valence-corrected chi connectivity index (χ4v) is 2.90. The van der Waals surface area contributed by atoms with E-state index in [1.165, 1.54) is 12.1 Å². The molecule has 1 aromatic carbocycles. The molecular formula is C19H30FIN4O. The molecule has 1 saturated heterocycles. The van der Waals surface area contributed by atoms with Crippen LogP contribution in [-0.2, 0) is 11.3 Å². The Morgan fingerprint density at radius 1 is 1.27 bits per heavy atom. The van der Waals surface area contributed by atoms with E-state index in [0.717, 1.165) is 57.4 Å². The highest BCUT2D eigenvalue weighted by Gasteiger charge is 2.15. The first-order chi connectivity index (χ1) is 12.2. The predicted octanol–water partition coefficient (Wildman–Crippen LogP) is 3.29. The molecule has 1 heterocycles. The number of likely N-dealkylation sites (tertiary alicyclic amines) is 1. The number of nitrogens with one attached hydrogen (secondary N) is 2. The van der Waals surface area contributed by atoms with Gasteiger partial charge in [-0.25, -0.2) is 9.38 Å². The summed E-state index contributed by atoms with van der Waals surface area (Å²) in [6.07, 6.45) is 4.85. The minimum atomic E-state index is -0.243. The van der Waals surface area contributed by atoms with Crippen LogP contribution in [0.15, 0.2) is 29.3 Å². The van der Waals surface area contributed by atoms with Gasteiger partial charge in [0.25, 0.3) is 0 Å². The fraction of sp³-hybridized carbons (Fsp3) is 0.579. The van der Waals surface area contributed by atoms with Crippen LogP contribution in [0, 0.1) is 5.82 Å². The van der Waals surface area contributed by atoms with E-state index in [4.69, 9.17) is 0 Å². The van der Waals surface area contributed by atoms with E-state index in [9.17, 15) is 9.18 Å². The van der Waals surface area contributed by atoms with Crippen LogP contribution in [-0.4, -0.2) is 42.9 Å². The summed E-state index contributed by atoms with van der Waals surface area (Å²) in [7, 11) is 0. The van der Waals surface area contributed by atoms with E-state index >= 15 is 0 Å². The van der Waals surface area contributed by atoms with Crippen LogP contribution in [0.3, 0.4) is 0 Å². The molecule has 7 heteroatoms. The Kier molecular flexibility index (Phi) is 11.2. The number of guanidine groups is 1. The van der Waals surface area contributed by atoms with Crippen LogP contribution in [0.25, 0.3) is 0 Å². The second-order valence-corrected chi connectivity index (χ2v) is 6.30. The number of carbonyl (C=O) groups excluding carboxylic acids is 1. The number of carbonyl (C=O) groups is 1. The van der Waals surface area contributed by atoms with Gasteiger partial charge in [0.15, 0.2) is 5.96 Å². The number of rotatable bonds is 7. The third kappa shape index (κ3) is 8.33. The van der Waals surface area contributed by atoms with Gasteiger partial charge in [-0.1, -0.05) is 18.6 Å². The van der Waals surface area contributed by atoms with E-state index in [0.29, 0.717) is 18.9 Å². The van der Waals surface area contributed by atoms with Gasteiger partial charge in [-0.3, -0.25) is 4.79 Å². The van der Waals surface area contributed by atoms with Crippen LogP contribution in [0.4, 0.5) is 4.39 Å². The molecule has 1 aromatic rings. The van der Waals surface area contributed by atoms with Crippen LogP contribution in [0.2, 0.25) is 0 Å². The molecule has 1 aliphatic rings. The summed E-state index contributed by atoms with van der Waals surface area (Å²) in [5.41, 5.74) is 0.840. The van der Waals surface area contributed by atoms with Gasteiger partial charge < -0.3 is 15.5 Å². The third-order valence-electron chi connectivity index (χ3n) is 4.22. The maximum Gasteiger partial charge on any atom is 0.222 e. The molecule has 0 radical (unpaired) electrons. The first kappa shape index (κ1) is 22.7. The largest absolute Gasteiger partial charge is 0.357 e. The smallest absolute Gasteiger partial charge is 0.222 e. The van der Waals surface area contributed by atoms with Gasteiger partial charge in [0.1, 0.15) is 5.82 Å². The van der Waals surface area contributed by atoms with Gasteiger partial charge in [-0.15, -0.1) is 24.0 Å². The molecular weight excluding hydrogens is 446 g/mol. The number of nitrogens with zero attached hydrogens (tertiary/aromatic N) is 2. The van der Waals surface area contributed by atoms with Crippen molar-refractivity contribution in [3.05, 3.63) is 35.6 Å². The van der Waals surface area contributed by atoms with Crippen molar-refractivity contribution in [2.24, 2.45) is 4.99 Å².